The molecular formula is C15H18N2O4S. The normalized spacial score (nSPS) is 9.50. The van der Waals surface area contributed by atoms with Crippen LogP contribution in [0.1, 0.15) is 12.8 Å². The lowest BCUT2D eigenvalue weighted by Gasteiger charge is -2.10. The summed E-state index contributed by atoms with van der Waals surface area (Å²) in [5.41, 5.74) is 0.680. The standard InChI is InChI=1S/C15H18N2O4S/c1-3-9-21-12-6-4-5-11(10-12)16-15(22)17-13(18)7-8-14(19)20-2/h3-6,10H,1,7-9H2,2H3,(H2,16,17,18,22). The molecule has 0 aliphatic heterocycles. The summed E-state index contributed by atoms with van der Waals surface area (Å²) in [6.45, 7) is 3.97. The van der Waals surface area contributed by atoms with E-state index in [0.29, 0.717) is 18.0 Å². The predicted octanol–water partition coefficient (Wildman–Crippen LogP) is 2.02. The van der Waals surface area contributed by atoms with Gasteiger partial charge in [0, 0.05) is 18.2 Å². The fraction of sp³-hybridized carbons (Fsp3) is 0.267. The quantitative estimate of drug-likeness (QED) is 0.454. The van der Waals surface area contributed by atoms with Crippen molar-refractivity contribution in [2.75, 3.05) is 19.0 Å². The van der Waals surface area contributed by atoms with Crippen molar-refractivity contribution >= 4 is 34.9 Å². The van der Waals surface area contributed by atoms with Crippen molar-refractivity contribution in [1.82, 2.24) is 5.32 Å². The molecule has 0 saturated carbocycles. The Kier molecular flexibility index (Phi) is 7.63. The van der Waals surface area contributed by atoms with Gasteiger partial charge in [-0.3, -0.25) is 9.59 Å². The number of carbonyl (C=O) groups is 2. The Morgan fingerprint density at radius 1 is 1.36 bits per heavy atom. The van der Waals surface area contributed by atoms with E-state index in [-0.39, 0.29) is 23.9 Å². The zero-order chi connectivity index (χ0) is 16.4. The minimum Gasteiger partial charge on any atom is -0.489 e. The van der Waals surface area contributed by atoms with Crippen molar-refractivity contribution in [2.24, 2.45) is 0 Å². The molecule has 118 valence electrons. The topological polar surface area (TPSA) is 76.7 Å². The summed E-state index contributed by atoms with van der Waals surface area (Å²) in [6.07, 6.45) is 1.67. The van der Waals surface area contributed by atoms with Gasteiger partial charge in [-0.1, -0.05) is 18.7 Å². The van der Waals surface area contributed by atoms with Crippen LogP contribution in [0.2, 0.25) is 0 Å². The highest BCUT2D eigenvalue weighted by Crippen LogP contribution is 2.17. The van der Waals surface area contributed by atoms with Crippen LogP contribution in [0.3, 0.4) is 0 Å². The molecule has 0 atom stereocenters. The monoisotopic (exact) mass is 322 g/mol. The molecular weight excluding hydrogens is 304 g/mol. The maximum atomic E-state index is 11.6. The molecule has 0 heterocycles. The van der Waals surface area contributed by atoms with Crippen molar-refractivity contribution in [3.8, 4) is 5.75 Å². The van der Waals surface area contributed by atoms with Crippen molar-refractivity contribution in [1.29, 1.82) is 0 Å². The second kappa shape index (κ2) is 9.51. The summed E-state index contributed by atoms with van der Waals surface area (Å²) in [5, 5.41) is 5.50. The molecule has 0 aromatic heterocycles. The summed E-state index contributed by atoms with van der Waals surface area (Å²) in [6, 6.07) is 7.12. The molecule has 7 heteroatoms. The highest BCUT2D eigenvalue weighted by Gasteiger charge is 2.08. The van der Waals surface area contributed by atoms with Gasteiger partial charge in [-0.25, -0.2) is 0 Å². The summed E-state index contributed by atoms with van der Waals surface area (Å²) in [4.78, 5) is 22.5. The van der Waals surface area contributed by atoms with Gasteiger partial charge < -0.3 is 20.1 Å². The van der Waals surface area contributed by atoms with E-state index in [1.54, 1.807) is 30.3 Å². The molecule has 6 nitrogen and oxygen atoms in total. The smallest absolute Gasteiger partial charge is 0.306 e. The second-order valence-corrected chi connectivity index (χ2v) is 4.61. The fourth-order valence-corrected chi connectivity index (χ4v) is 1.72. The number of anilines is 1. The molecule has 1 aromatic rings. The van der Waals surface area contributed by atoms with E-state index in [1.807, 2.05) is 0 Å². The van der Waals surface area contributed by atoms with E-state index in [4.69, 9.17) is 17.0 Å². The van der Waals surface area contributed by atoms with E-state index in [9.17, 15) is 9.59 Å². The Hall–Kier alpha value is -2.41. The van der Waals surface area contributed by atoms with Crippen molar-refractivity contribution in [3.05, 3.63) is 36.9 Å². The lowest BCUT2D eigenvalue weighted by atomic mass is 10.3. The van der Waals surface area contributed by atoms with E-state index >= 15 is 0 Å². The number of carbonyl (C=O) groups excluding carboxylic acids is 2. The summed E-state index contributed by atoms with van der Waals surface area (Å²) < 4.78 is 9.85. The maximum absolute atomic E-state index is 11.6. The van der Waals surface area contributed by atoms with Crippen LogP contribution in [0.4, 0.5) is 5.69 Å². The zero-order valence-corrected chi connectivity index (χ0v) is 13.1. The third-order valence-electron chi connectivity index (χ3n) is 2.50. The third kappa shape index (κ3) is 6.85. The zero-order valence-electron chi connectivity index (χ0n) is 12.3. The minimum absolute atomic E-state index is 0.00975. The van der Waals surface area contributed by atoms with Gasteiger partial charge in [0.15, 0.2) is 5.11 Å². The predicted molar refractivity (Wildman–Crippen MR) is 87.7 cm³/mol. The number of nitrogens with one attached hydrogen (secondary N) is 2. The number of thiocarbonyl (C=S) groups is 1. The van der Waals surface area contributed by atoms with E-state index in [1.165, 1.54) is 7.11 Å². The fourth-order valence-electron chi connectivity index (χ4n) is 1.49. The Morgan fingerprint density at radius 3 is 2.82 bits per heavy atom. The number of amides is 1. The van der Waals surface area contributed by atoms with Gasteiger partial charge in [-0.15, -0.1) is 0 Å². The van der Waals surface area contributed by atoms with Crippen LogP contribution in [-0.4, -0.2) is 30.7 Å². The average molecular weight is 322 g/mol. The van der Waals surface area contributed by atoms with E-state index in [2.05, 4.69) is 21.9 Å². The summed E-state index contributed by atoms with van der Waals surface area (Å²) in [5.74, 6) is -0.146. The Balaban J connectivity index is 2.45. The average Bonchev–Trinajstić information content (AvgIpc) is 2.50. The van der Waals surface area contributed by atoms with Crippen LogP contribution in [0.15, 0.2) is 36.9 Å². The van der Waals surface area contributed by atoms with Gasteiger partial charge in [0.25, 0.3) is 0 Å². The maximum Gasteiger partial charge on any atom is 0.306 e. The number of ether oxygens (including phenoxy) is 2. The van der Waals surface area contributed by atoms with Crippen LogP contribution < -0.4 is 15.4 Å². The summed E-state index contributed by atoms with van der Waals surface area (Å²) in [7, 11) is 1.27. The van der Waals surface area contributed by atoms with Crippen LogP contribution >= 0.6 is 12.2 Å². The number of esters is 1. The van der Waals surface area contributed by atoms with Crippen LogP contribution in [0, 0.1) is 0 Å². The molecule has 0 aliphatic carbocycles. The van der Waals surface area contributed by atoms with Crippen LogP contribution in [-0.2, 0) is 14.3 Å². The third-order valence-corrected chi connectivity index (χ3v) is 2.70. The first-order valence-electron chi connectivity index (χ1n) is 6.56. The SMILES string of the molecule is C=CCOc1cccc(NC(=S)NC(=O)CCC(=O)OC)c1. The Morgan fingerprint density at radius 2 is 2.14 bits per heavy atom. The first-order valence-corrected chi connectivity index (χ1v) is 6.97. The molecule has 0 saturated heterocycles. The summed E-state index contributed by atoms with van der Waals surface area (Å²) >= 11 is 5.04. The van der Waals surface area contributed by atoms with E-state index < -0.39 is 5.97 Å². The molecule has 1 aromatic carbocycles. The van der Waals surface area contributed by atoms with Crippen LogP contribution in [0.5, 0.6) is 5.75 Å². The second-order valence-electron chi connectivity index (χ2n) is 4.21. The molecule has 0 unspecified atom stereocenters. The lowest BCUT2D eigenvalue weighted by molar-refractivity contribution is -0.142. The van der Waals surface area contributed by atoms with Gasteiger partial charge in [0.05, 0.1) is 13.5 Å². The van der Waals surface area contributed by atoms with E-state index in [0.717, 1.165) is 0 Å². The highest BCUT2D eigenvalue weighted by molar-refractivity contribution is 7.80. The number of hydrogen-bond acceptors (Lipinski definition) is 5. The molecule has 0 bridgehead atoms. The molecule has 0 radical (unpaired) electrons. The molecule has 0 fully saturated rings. The van der Waals surface area contributed by atoms with Gasteiger partial charge in [-0.05, 0) is 24.4 Å². The first kappa shape index (κ1) is 17.6. The van der Waals surface area contributed by atoms with Gasteiger partial charge in [-0.2, -0.15) is 0 Å². The largest absolute Gasteiger partial charge is 0.489 e. The van der Waals surface area contributed by atoms with Crippen LogP contribution in [0.25, 0.3) is 0 Å². The molecule has 1 amide bonds. The van der Waals surface area contributed by atoms with Crippen molar-refractivity contribution in [3.63, 3.8) is 0 Å². The van der Waals surface area contributed by atoms with Gasteiger partial charge >= 0.3 is 5.97 Å². The first-order chi connectivity index (χ1) is 10.5. The molecule has 1 rings (SSSR count). The molecule has 0 aliphatic rings. The molecule has 22 heavy (non-hydrogen) atoms. The Bertz CT molecular complexity index is 560. The van der Waals surface area contributed by atoms with Gasteiger partial charge in [0.1, 0.15) is 12.4 Å². The number of hydrogen-bond donors (Lipinski definition) is 2. The van der Waals surface area contributed by atoms with Gasteiger partial charge in [0.2, 0.25) is 5.91 Å². The molecule has 2 N–H and O–H groups in total. The highest BCUT2D eigenvalue weighted by atomic mass is 32.1. The number of rotatable bonds is 7. The number of benzene rings is 1. The van der Waals surface area contributed by atoms with Crippen molar-refractivity contribution < 1.29 is 19.1 Å². The van der Waals surface area contributed by atoms with Crippen molar-refractivity contribution in [2.45, 2.75) is 12.8 Å². The Labute approximate surface area is 134 Å². The lowest BCUT2D eigenvalue weighted by Crippen LogP contribution is -2.34. The number of methoxy groups -OCH3 is 1. The molecule has 0 spiro atoms. The minimum atomic E-state index is -0.443.